The molecule has 2 rings (SSSR count). The van der Waals surface area contributed by atoms with Crippen molar-refractivity contribution in [3.63, 3.8) is 0 Å². The molecule has 0 radical (unpaired) electrons. The number of carbonyl (C=O) groups is 1. The maximum absolute atomic E-state index is 12.6. The van der Waals surface area contributed by atoms with Gasteiger partial charge in [-0.15, -0.1) is 0 Å². The average molecular weight is 326 g/mol. The summed E-state index contributed by atoms with van der Waals surface area (Å²) >= 11 is 0. The van der Waals surface area contributed by atoms with Gasteiger partial charge in [0.1, 0.15) is 0 Å². The Morgan fingerprint density at radius 2 is 1.86 bits per heavy atom. The van der Waals surface area contributed by atoms with E-state index in [0.717, 1.165) is 5.56 Å². The summed E-state index contributed by atoms with van der Waals surface area (Å²) in [6.45, 7) is 4.63. The number of hydrogen-bond donors (Lipinski definition) is 2. The van der Waals surface area contributed by atoms with E-state index >= 15 is 0 Å². The number of amides is 1. The minimum absolute atomic E-state index is 0.113. The quantitative estimate of drug-likeness (QED) is 0.888. The highest BCUT2D eigenvalue weighted by Crippen LogP contribution is 2.24. The molecule has 0 spiro atoms. The van der Waals surface area contributed by atoms with E-state index in [1.165, 1.54) is 4.90 Å². The smallest absolute Gasteiger partial charge is 0.407 e. The van der Waals surface area contributed by atoms with E-state index in [4.69, 9.17) is 5.11 Å². The zero-order valence-electron chi connectivity index (χ0n) is 12.8. The van der Waals surface area contributed by atoms with Crippen molar-refractivity contribution in [2.45, 2.75) is 43.5 Å². The standard InChI is InChI=1S/C15H22N2O4S/c1-11(2)13-5-3-4-6-14(13)22(20,21)16-12-7-9-17(10-8-12)15(18)19/h3-6,11-12,16H,7-10H2,1-2H3,(H,18,19). The van der Waals surface area contributed by atoms with Crippen molar-refractivity contribution in [2.24, 2.45) is 0 Å². The molecule has 0 atom stereocenters. The minimum atomic E-state index is -3.59. The van der Waals surface area contributed by atoms with E-state index in [2.05, 4.69) is 4.72 Å². The Bertz CT molecular complexity index is 635. The predicted molar refractivity (Wildman–Crippen MR) is 83.5 cm³/mol. The molecule has 2 N–H and O–H groups in total. The third-order valence-electron chi connectivity index (χ3n) is 3.92. The van der Waals surface area contributed by atoms with Crippen LogP contribution in [-0.4, -0.2) is 43.6 Å². The number of hydrogen-bond acceptors (Lipinski definition) is 3. The van der Waals surface area contributed by atoms with Crippen molar-refractivity contribution in [2.75, 3.05) is 13.1 Å². The fourth-order valence-corrected chi connectivity index (χ4v) is 4.35. The summed E-state index contributed by atoms with van der Waals surface area (Å²) in [7, 11) is -3.59. The number of benzene rings is 1. The molecule has 1 amide bonds. The van der Waals surface area contributed by atoms with Crippen LogP contribution in [0, 0.1) is 0 Å². The number of piperidine rings is 1. The molecule has 122 valence electrons. The molecule has 22 heavy (non-hydrogen) atoms. The maximum atomic E-state index is 12.6. The van der Waals surface area contributed by atoms with Gasteiger partial charge < -0.3 is 10.0 Å². The van der Waals surface area contributed by atoms with Gasteiger partial charge in [-0.3, -0.25) is 0 Å². The zero-order valence-corrected chi connectivity index (χ0v) is 13.6. The van der Waals surface area contributed by atoms with Gasteiger partial charge in [-0.05, 0) is 30.4 Å². The lowest BCUT2D eigenvalue weighted by Gasteiger charge is -2.30. The summed E-state index contributed by atoms with van der Waals surface area (Å²) in [6, 6.07) is 6.77. The van der Waals surface area contributed by atoms with Gasteiger partial charge in [-0.1, -0.05) is 32.0 Å². The van der Waals surface area contributed by atoms with Crippen molar-refractivity contribution in [3.05, 3.63) is 29.8 Å². The Morgan fingerprint density at radius 1 is 1.27 bits per heavy atom. The Hall–Kier alpha value is -1.60. The van der Waals surface area contributed by atoms with E-state index in [9.17, 15) is 13.2 Å². The highest BCUT2D eigenvalue weighted by Gasteiger charge is 2.27. The van der Waals surface area contributed by atoms with Gasteiger partial charge in [0.25, 0.3) is 0 Å². The molecule has 0 saturated carbocycles. The number of rotatable bonds is 4. The van der Waals surface area contributed by atoms with Crippen LogP contribution in [0.5, 0.6) is 0 Å². The number of carboxylic acid groups (broad SMARTS) is 1. The van der Waals surface area contributed by atoms with Crippen molar-refractivity contribution >= 4 is 16.1 Å². The van der Waals surface area contributed by atoms with Crippen LogP contribution in [0.15, 0.2) is 29.2 Å². The highest BCUT2D eigenvalue weighted by atomic mass is 32.2. The van der Waals surface area contributed by atoms with Gasteiger partial charge in [0.15, 0.2) is 0 Å². The topological polar surface area (TPSA) is 86.7 Å². The third-order valence-corrected chi connectivity index (χ3v) is 5.51. The van der Waals surface area contributed by atoms with Gasteiger partial charge in [-0.2, -0.15) is 0 Å². The van der Waals surface area contributed by atoms with E-state index in [1.807, 2.05) is 26.0 Å². The number of sulfonamides is 1. The second-order valence-electron chi connectivity index (χ2n) is 5.86. The summed E-state index contributed by atoms with van der Waals surface area (Å²) in [4.78, 5) is 12.5. The molecular weight excluding hydrogens is 304 g/mol. The Labute approximate surface area is 131 Å². The van der Waals surface area contributed by atoms with Crippen molar-refractivity contribution < 1.29 is 18.3 Å². The summed E-state index contributed by atoms with van der Waals surface area (Å²) < 4.78 is 27.9. The van der Waals surface area contributed by atoms with Gasteiger partial charge in [-0.25, -0.2) is 17.9 Å². The van der Waals surface area contributed by atoms with Crippen LogP contribution in [0.3, 0.4) is 0 Å². The summed E-state index contributed by atoms with van der Waals surface area (Å²) in [6.07, 6.45) is 0.0385. The monoisotopic (exact) mass is 326 g/mol. The van der Waals surface area contributed by atoms with E-state index < -0.39 is 16.1 Å². The van der Waals surface area contributed by atoms with Crippen LogP contribution in [0.2, 0.25) is 0 Å². The summed E-state index contributed by atoms with van der Waals surface area (Å²) in [5, 5.41) is 8.92. The van der Waals surface area contributed by atoms with E-state index in [1.54, 1.807) is 12.1 Å². The normalized spacial score (nSPS) is 17.0. The van der Waals surface area contributed by atoms with Crippen LogP contribution < -0.4 is 4.72 Å². The summed E-state index contributed by atoms with van der Waals surface area (Å²) in [5.41, 5.74) is 0.790. The van der Waals surface area contributed by atoms with Crippen LogP contribution in [-0.2, 0) is 10.0 Å². The average Bonchev–Trinajstić information content (AvgIpc) is 2.47. The molecule has 0 aromatic heterocycles. The lowest BCUT2D eigenvalue weighted by Crippen LogP contribution is -2.46. The van der Waals surface area contributed by atoms with Gasteiger partial charge >= 0.3 is 6.09 Å². The van der Waals surface area contributed by atoms with E-state index in [-0.39, 0.29) is 12.0 Å². The Balaban J connectivity index is 2.11. The Morgan fingerprint density at radius 3 is 2.41 bits per heavy atom. The third kappa shape index (κ3) is 3.78. The molecule has 1 saturated heterocycles. The lowest BCUT2D eigenvalue weighted by molar-refractivity contribution is 0.131. The highest BCUT2D eigenvalue weighted by molar-refractivity contribution is 7.89. The van der Waals surface area contributed by atoms with Crippen LogP contribution in [0.25, 0.3) is 0 Å². The van der Waals surface area contributed by atoms with Crippen molar-refractivity contribution in [1.82, 2.24) is 9.62 Å². The van der Waals surface area contributed by atoms with E-state index in [0.29, 0.717) is 30.8 Å². The molecule has 1 fully saturated rings. The molecule has 1 aliphatic rings. The molecule has 1 aromatic carbocycles. The SMILES string of the molecule is CC(C)c1ccccc1S(=O)(=O)NC1CCN(C(=O)O)CC1. The molecule has 6 nitrogen and oxygen atoms in total. The van der Waals surface area contributed by atoms with Crippen LogP contribution in [0.4, 0.5) is 4.79 Å². The first-order chi connectivity index (χ1) is 10.3. The first kappa shape index (κ1) is 16.8. The molecule has 0 bridgehead atoms. The maximum Gasteiger partial charge on any atom is 0.407 e. The fourth-order valence-electron chi connectivity index (χ4n) is 2.67. The molecular formula is C15H22N2O4S. The molecule has 0 unspecified atom stereocenters. The largest absolute Gasteiger partial charge is 0.465 e. The number of likely N-dealkylation sites (tertiary alicyclic amines) is 1. The predicted octanol–water partition coefficient (Wildman–Crippen LogP) is 2.23. The fraction of sp³-hybridized carbons (Fsp3) is 0.533. The lowest BCUT2D eigenvalue weighted by atomic mass is 10.0. The Kier molecular flexibility index (Phi) is 5.08. The number of nitrogens with zero attached hydrogens (tertiary/aromatic N) is 1. The van der Waals surface area contributed by atoms with Gasteiger partial charge in [0, 0.05) is 19.1 Å². The first-order valence-corrected chi connectivity index (χ1v) is 8.88. The molecule has 1 aromatic rings. The molecule has 1 heterocycles. The minimum Gasteiger partial charge on any atom is -0.465 e. The molecule has 0 aliphatic carbocycles. The molecule has 1 aliphatic heterocycles. The second-order valence-corrected chi connectivity index (χ2v) is 7.54. The first-order valence-electron chi connectivity index (χ1n) is 7.40. The second kappa shape index (κ2) is 6.66. The van der Waals surface area contributed by atoms with Gasteiger partial charge in [0.2, 0.25) is 10.0 Å². The van der Waals surface area contributed by atoms with Crippen molar-refractivity contribution in [3.8, 4) is 0 Å². The van der Waals surface area contributed by atoms with Gasteiger partial charge in [0.05, 0.1) is 4.90 Å². The zero-order chi connectivity index (χ0) is 16.3. The van der Waals surface area contributed by atoms with Crippen molar-refractivity contribution in [1.29, 1.82) is 0 Å². The summed E-state index contributed by atoms with van der Waals surface area (Å²) in [5.74, 6) is 0.113. The number of nitrogens with one attached hydrogen (secondary N) is 1. The van der Waals surface area contributed by atoms with Crippen LogP contribution >= 0.6 is 0 Å². The molecule has 7 heteroatoms. The van der Waals surface area contributed by atoms with Crippen LogP contribution in [0.1, 0.15) is 38.2 Å².